The van der Waals surface area contributed by atoms with Crippen molar-refractivity contribution in [3.05, 3.63) is 24.3 Å². The molecular weight excluding hydrogens is 336 g/mol. The number of thioether (sulfide) groups is 1. The highest BCUT2D eigenvalue weighted by molar-refractivity contribution is 8.00. The average molecular weight is 367 g/mol. The average Bonchev–Trinajstić information content (AvgIpc) is 2.59. The largest absolute Gasteiger partial charge is 0.383 e. The van der Waals surface area contributed by atoms with E-state index in [2.05, 4.69) is 19.2 Å². The van der Waals surface area contributed by atoms with Crippen LogP contribution < -0.4 is 5.32 Å². The molecule has 0 aliphatic heterocycles. The first-order valence-electron chi connectivity index (χ1n) is 8.76. The van der Waals surface area contributed by atoms with Gasteiger partial charge in [0, 0.05) is 37.2 Å². The topological polar surface area (TPSA) is 58.6 Å². The lowest BCUT2D eigenvalue weighted by Gasteiger charge is -2.32. The fraction of sp³-hybridized carbons (Fsp3) is 0.579. The predicted molar refractivity (Wildman–Crippen MR) is 104 cm³/mol. The van der Waals surface area contributed by atoms with Crippen molar-refractivity contribution in [3.8, 4) is 0 Å². The van der Waals surface area contributed by atoms with Crippen molar-refractivity contribution in [2.75, 3.05) is 25.6 Å². The summed E-state index contributed by atoms with van der Waals surface area (Å²) in [4.78, 5) is 26.9. The van der Waals surface area contributed by atoms with Gasteiger partial charge in [-0.1, -0.05) is 13.8 Å². The number of benzene rings is 1. The minimum Gasteiger partial charge on any atom is -0.383 e. The zero-order valence-electron chi connectivity index (χ0n) is 15.9. The van der Waals surface area contributed by atoms with Gasteiger partial charge in [-0.2, -0.15) is 0 Å². The minimum absolute atomic E-state index is 0.0945. The molecular formula is C19H30N2O3S. The highest BCUT2D eigenvalue weighted by Gasteiger charge is 2.26. The van der Waals surface area contributed by atoms with E-state index < -0.39 is 0 Å². The Kier molecular flexibility index (Phi) is 9.60. The number of ether oxygens (including phenoxy) is 1. The quantitative estimate of drug-likeness (QED) is 0.640. The maximum Gasteiger partial charge on any atom is 0.236 e. The molecule has 25 heavy (non-hydrogen) atoms. The van der Waals surface area contributed by atoms with E-state index in [1.54, 1.807) is 7.11 Å². The second-order valence-corrected chi connectivity index (χ2v) is 7.37. The Hall–Kier alpha value is -1.53. The van der Waals surface area contributed by atoms with Crippen molar-refractivity contribution in [1.82, 2.24) is 4.90 Å². The standard InChI is InChI=1S/C19H30N2O3S/c1-6-17(7-2)21(12-13-24-5)19(23)14(3)25-18-10-8-16(9-11-18)20-15(4)22/h8-11,14,17H,6-7,12-13H2,1-5H3,(H,20,22). The summed E-state index contributed by atoms with van der Waals surface area (Å²) in [5, 5.41) is 2.57. The van der Waals surface area contributed by atoms with Crippen LogP contribution in [0.1, 0.15) is 40.5 Å². The van der Waals surface area contributed by atoms with Gasteiger partial charge in [-0.25, -0.2) is 0 Å². The number of rotatable bonds is 10. The number of methoxy groups -OCH3 is 1. The van der Waals surface area contributed by atoms with Gasteiger partial charge in [0.25, 0.3) is 0 Å². The van der Waals surface area contributed by atoms with E-state index in [0.29, 0.717) is 13.2 Å². The third-order valence-electron chi connectivity index (χ3n) is 4.04. The molecule has 1 aromatic rings. The molecule has 0 saturated carbocycles. The first-order chi connectivity index (χ1) is 11.9. The van der Waals surface area contributed by atoms with E-state index in [4.69, 9.17) is 4.74 Å². The lowest BCUT2D eigenvalue weighted by molar-refractivity contribution is -0.133. The van der Waals surface area contributed by atoms with Crippen molar-refractivity contribution in [2.24, 2.45) is 0 Å². The third kappa shape index (κ3) is 7.08. The van der Waals surface area contributed by atoms with Gasteiger partial charge < -0.3 is 15.0 Å². The lowest BCUT2D eigenvalue weighted by Crippen LogP contribution is -2.45. The Morgan fingerprint density at radius 2 is 1.80 bits per heavy atom. The molecule has 0 aliphatic carbocycles. The molecule has 0 radical (unpaired) electrons. The van der Waals surface area contributed by atoms with Gasteiger partial charge in [-0.3, -0.25) is 9.59 Å². The molecule has 0 spiro atoms. The molecule has 0 saturated heterocycles. The molecule has 0 heterocycles. The van der Waals surface area contributed by atoms with Gasteiger partial charge in [-0.05, 0) is 44.0 Å². The summed E-state index contributed by atoms with van der Waals surface area (Å²) in [6.45, 7) is 8.81. The molecule has 6 heteroatoms. The number of amides is 2. The monoisotopic (exact) mass is 366 g/mol. The van der Waals surface area contributed by atoms with Gasteiger partial charge in [0.1, 0.15) is 0 Å². The molecule has 5 nitrogen and oxygen atoms in total. The van der Waals surface area contributed by atoms with E-state index in [1.165, 1.54) is 18.7 Å². The maximum atomic E-state index is 12.9. The van der Waals surface area contributed by atoms with Crippen molar-refractivity contribution >= 4 is 29.3 Å². The number of hydrogen-bond donors (Lipinski definition) is 1. The van der Waals surface area contributed by atoms with Crippen LogP contribution in [-0.4, -0.2) is 48.3 Å². The van der Waals surface area contributed by atoms with Gasteiger partial charge in [0.2, 0.25) is 11.8 Å². The van der Waals surface area contributed by atoms with E-state index in [-0.39, 0.29) is 23.1 Å². The Morgan fingerprint density at radius 3 is 2.28 bits per heavy atom. The third-order valence-corrected chi connectivity index (χ3v) is 5.14. The summed E-state index contributed by atoms with van der Waals surface area (Å²) in [6, 6.07) is 7.80. The minimum atomic E-state index is -0.177. The van der Waals surface area contributed by atoms with E-state index in [9.17, 15) is 9.59 Å². The summed E-state index contributed by atoms with van der Waals surface area (Å²) in [5.41, 5.74) is 0.759. The SMILES string of the molecule is CCC(CC)N(CCOC)C(=O)C(C)Sc1ccc(NC(C)=O)cc1. The van der Waals surface area contributed by atoms with Crippen LogP contribution in [0.2, 0.25) is 0 Å². The maximum absolute atomic E-state index is 12.9. The molecule has 1 N–H and O–H groups in total. The van der Waals surface area contributed by atoms with Crippen molar-refractivity contribution in [1.29, 1.82) is 0 Å². The molecule has 1 rings (SSSR count). The molecule has 0 aliphatic rings. The van der Waals surface area contributed by atoms with Crippen LogP contribution in [0.3, 0.4) is 0 Å². The molecule has 1 atom stereocenters. The molecule has 0 bridgehead atoms. The number of hydrogen-bond acceptors (Lipinski definition) is 4. The number of carbonyl (C=O) groups is 2. The Balaban J connectivity index is 2.76. The van der Waals surface area contributed by atoms with Gasteiger partial charge in [-0.15, -0.1) is 11.8 Å². The van der Waals surface area contributed by atoms with Crippen LogP contribution in [0.5, 0.6) is 0 Å². The van der Waals surface area contributed by atoms with Crippen LogP contribution in [0.15, 0.2) is 29.2 Å². The fourth-order valence-electron chi connectivity index (χ4n) is 2.70. The Labute approximate surface area is 155 Å². The molecule has 2 amide bonds. The first kappa shape index (κ1) is 21.5. The normalized spacial score (nSPS) is 12.1. The van der Waals surface area contributed by atoms with Crippen LogP contribution in [0, 0.1) is 0 Å². The number of nitrogens with zero attached hydrogens (tertiary/aromatic N) is 1. The fourth-order valence-corrected chi connectivity index (χ4v) is 3.64. The summed E-state index contributed by atoms with van der Waals surface area (Å²) in [7, 11) is 1.66. The molecule has 1 aromatic carbocycles. The molecule has 1 unspecified atom stereocenters. The molecule has 0 fully saturated rings. The first-order valence-corrected chi connectivity index (χ1v) is 9.64. The van der Waals surface area contributed by atoms with E-state index in [1.807, 2.05) is 36.1 Å². The summed E-state index contributed by atoms with van der Waals surface area (Å²) in [5.74, 6) is 0.0459. The smallest absolute Gasteiger partial charge is 0.236 e. The van der Waals surface area contributed by atoms with Crippen molar-refractivity contribution in [3.63, 3.8) is 0 Å². The number of anilines is 1. The van der Waals surface area contributed by atoms with Crippen molar-refractivity contribution < 1.29 is 14.3 Å². The second kappa shape index (κ2) is 11.2. The van der Waals surface area contributed by atoms with Gasteiger partial charge >= 0.3 is 0 Å². The van der Waals surface area contributed by atoms with Crippen LogP contribution >= 0.6 is 11.8 Å². The van der Waals surface area contributed by atoms with E-state index in [0.717, 1.165) is 23.4 Å². The van der Waals surface area contributed by atoms with Crippen LogP contribution in [-0.2, 0) is 14.3 Å². The van der Waals surface area contributed by atoms with Gasteiger partial charge in [0.05, 0.1) is 11.9 Å². The molecule has 140 valence electrons. The van der Waals surface area contributed by atoms with Gasteiger partial charge in [0.15, 0.2) is 0 Å². The number of nitrogens with one attached hydrogen (secondary N) is 1. The number of carbonyl (C=O) groups excluding carboxylic acids is 2. The van der Waals surface area contributed by atoms with Crippen LogP contribution in [0.4, 0.5) is 5.69 Å². The molecule has 0 aromatic heterocycles. The Bertz CT molecular complexity index is 544. The van der Waals surface area contributed by atoms with Crippen molar-refractivity contribution in [2.45, 2.75) is 56.7 Å². The summed E-state index contributed by atoms with van der Waals surface area (Å²) < 4.78 is 5.17. The highest BCUT2D eigenvalue weighted by atomic mass is 32.2. The zero-order valence-corrected chi connectivity index (χ0v) is 16.7. The predicted octanol–water partition coefficient (Wildman–Crippen LogP) is 3.79. The summed E-state index contributed by atoms with van der Waals surface area (Å²) in [6.07, 6.45) is 1.88. The Morgan fingerprint density at radius 1 is 1.20 bits per heavy atom. The summed E-state index contributed by atoms with van der Waals surface area (Å²) >= 11 is 1.53. The lowest BCUT2D eigenvalue weighted by atomic mass is 10.1. The van der Waals surface area contributed by atoms with E-state index >= 15 is 0 Å². The second-order valence-electron chi connectivity index (χ2n) is 5.96. The highest BCUT2D eigenvalue weighted by Crippen LogP contribution is 2.27. The zero-order chi connectivity index (χ0) is 18.8. The van der Waals surface area contributed by atoms with Crippen LogP contribution in [0.25, 0.3) is 0 Å².